The van der Waals surface area contributed by atoms with Crippen LogP contribution in [0.1, 0.15) is 13.8 Å². The molecule has 0 radical (unpaired) electrons. The van der Waals surface area contributed by atoms with Crippen LogP contribution in [0.15, 0.2) is 0 Å². The number of hydrogen-bond acceptors (Lipinski definition) is 3. The van der Waals surface area contributed by atoms with Gasteiger partial charge in [0.25, 0.3) is 0 Å². The van der Waals surface area contributed by atoms with Crippen molar-refractivity contribution in [3.05, 3.63) is 0 Å². The molecule has 0 aromatic heterocycles. The second-order valence-electron chi connectivity index (χ2n) is 6.23. The van der Waals surface area contributed by atoms with Gasteiger partial charge in [0, 0.05) is 17.3 Å². The Balaban J connectivity index is 1.74. The van der Waals surface area contributed by atoms with Gasteiger partial charge < -0.3 is 14.2 Å². The summed E-state index contributed by atoms with van der Waals surface area (Å²) in [6.45, 7) is 6.18. The van der Waals surface area contributed by atoms with Crippen molar-refractivity contribution < 1.29 is 14.2 Å². The van der Waals surface area contributed by atoms with Crippen LogP contribution in [-0.2, 0) is 14.2 Å². The van der Waals surface area contributed by atoms with E-state index in [2.05, 4.69) is 13.8 Å². The van der Waals surface area contributed by atoms with E-state index in [4.69, 9.17) is 14.2 Å². The Morgan fingerprint density at radius 1 is 1.27 bits per heavy atom. The second-order valence-corrected chi connectivity index (χ2v) is 6.23. The normalized spacial score (nSPS) is 77.2. The molecule has 2 bridgehead atoms. The van der Waals surface area contributed by atoms with Crippen molar-refractivity contribution in [3.8, 4) is 0 Å². The summed E-state index contributed by atoms with van der Waals surface area (Å²) in [4.78, 5) is 0. The van der Waals surface area contributed by atoms with Gasteiger partial charge in [-0.2, -0.15) is 0 Å². The van der Waals surface area contributed by atoms with E-state index < -0.39 is 0 Å². The third-order valence-electron chi connectivity index (χ3n) is 6.32. The highest BCUT2D eigenvalue weighted by Gasteiger charge is 2.96. The van der Waals surface area contributed by atoms with Gasteiger partial charge in [0.2, 0.25) is 0 Å². The minimum absolute atomic E-state index is 0.154. The van der Waals surface area contributed by atoms with Crippen molar-refractivity contribution in [1.82, 2.24) is 0 Å². The van der Waals surface area contributed by atoms with Crippen LogP contribution in [0.25, 0.3) is 0 Å². The standard InChI is InChI=1S/C12H16O3/c1-5-6-3-13-4-14-12-7(6)8(12)9-10(15-9)11(5,12)2/h5-10H,3-4H2,1-2H3. The van der Waals surface area contributed by atoms with E-state index in [9.17, 15) is 0 Å². The Kier molecular flexibility index (Phi) is 1.01. The van der Waals surface area contributed by atoms with E-state index in [-0.39, 0.29) is 11.0 Å². The molecule has 3 saturated carbocycles. The molecule has 3 aliphatic carbocycles. The van der Waals surface area contributed by atoms with Crippen molar-refractivity contribution in [2.45, 2.75) is 31.7 Å². The number of fused-ring (bicyclic) bond motifs is 3. The van der Waals surface area contributed by atoms with Crippen LogP contribution < -0.4 is 0 Å². The van der Waals surface area contributed by atoms with Crippen molar-refractivity contribution >= 4 is 0 Å². The molecule has 82 valence electrons. The lowest BCUT2D eigenvalue weighted by molar-refractivity contribution is -0.170. The molecule has 8 unspecified atom stereocenters. The van der Waals surface area contributed by atoms with Crippen LogP contribution in [0, 0.1) is 29.1 Å². The van der Waals surface area contributed by atoms with Gasteiger partial charge >= 0.3 is 0 Å². The summed E-state index contributed by atoms with van der Waals surface area (Å²) in [5, 5.41) is 0. The van der Waals surface area contributed by atoms with Gasteiger partial charge in [-0.3, -0.25) is 0 Å². The monoisotopic (exact) mass is 208 g/mol. The van der Waals surface area contributed by atoms with Crippen LogP contribution in [-0.4, -0.2) is 31.2 Å². The maximum Gasteiger partial charge on any atom is 0.147 e. The third kappa shape index (κ3) is 0.529. The smallest absolute Gasteiger partial charge is 0.147 e. The summed E-state index contributed by atoms with van der Waals surface area (Å²) in [7, 11) is 0. The van der Waals surface area contributed by atoms with E-state index in [0.717, 1.165) is 18.4 Å². The lowest BCUT2D eigenvalue weighted by Gasteiger charge is -2.39. The number of ether oxygens (including phenoxy) is 3. The van der Waals surface area contributed by atoms with Gasteiger partial charge in [0.05, 0.1) is 24.4 Å². The van der Waals surface area contributed by atoms with Crippen LogP contribution in [0.5, 0.6) is 0 Å². The molecule has 0 N–H and O–H groups in total. The molecule has 8 atom stereocenters. The summed E-state index contributed by atoms with van der Waals surface area (Å²) in [5.74, 6) is 2.86. The van der Waals surface area contributed by atoms with E-state index in [1.54, 1.807) is 0 Å². The lowest BCUT2D eigenvalue weighted by atomic mass is 9.72. The van der Waals surface area contributed by atoms with Crippen LogP contribution in [0.4, 0.5) is 0 Å². The molecular formula is C12H16O3. The summed E-state index contributed by atoms with van der Waals surface area (Å²) < 4.78 is 17.5. The molecule has 2 aliphatic heterocycles. The number of hydrogen-bond donors (Lipinski definition) is 0. The van der Waals surface area contributed by atoms with Gasteiger partial charge in [-0.25, -0.2) is 0 Å². The third-order valence-corrected chi connectivity index (χ3v) is 6.32. The first-order valence-corrected chi connectivity index (χ1v) is 6.10. The number of epoxide rings is 1. The Morgan fingerprint density at radius 2 is 2.13 bits per heavy atom. The molecule has 1 spiro atoms. The van der Waals surface area contributed by atoms with Crippen LogP contribution in [0.3, 0.4) is 0 Å². The average Bonchev–Trinajstić information content (AvgIpc) is 3.03. The highest BCUT2D eigenvalue weighted by atomic mass is 16.7. The fourth-order valence-corrected chi connectivity index (χ4v) is 5.56. The molecule has 3 nitrogen and oxygen atoms in total. The molecule has 15 heavy (non-hydrogen) atoms. The Bertz CT molecular complexity index is 370. The first-order chi connectivity index (χ1) is 7.23. The summed E-state index contributed by atoms with van der Waals surface area (Å²) in [6, 6.07) is 0. The zero-order chi connectivity index (χ0) is 10.00. The summed E-state index contributed by atoms with van der Waals surface area (Å²) in [5.41, 5.74) is 0.433. The maximum absolute atomic E-state index is 6.11. The molecule has 3 heteroatoms. The maximum atomic E-state index is 6.11. The molecule has 0 aromatic carbocycles. The molecule has 5 aliphatic rings. The molecule has 2 heterocycles. The Hall–Kier alpha value is -0.120. The second kappa shape index (κ2) is 1.89. The first kappa shape index (κ1) is 8.04. The van der Waals surface area contributed by atoms with E-state index >= 15 is 0 Å². The predicted octanol–water partition coefficient (Wildman–Crippen LogP) is 1.03. The Morgan fingerprint density at radius 3 is 3.00 bits per heavy atom. The highest BCUT2D eigenvalue weighted by molar-refractivity contribution is 5.42. The first-order valence-electron chi connectivity index (χ1n) is 6.10. The van der Waals surface area contributed by atoms with Crippen molar-refractivity contribution in [2.24, 2.45) is 29.1 Å². The van der Waals surface area contributed by atoms with E-state index in [1.807, 2.05) is 0 Å². The topological polar surface area (TPSA) is 31.0 Å². The summed E-state index contributed by atoms with van der Waals surface area (Å²) >= 11 is 0. The molecule has 5 fully saturated rings. The predicted molar refractivity (Wildman–Crippen MR) is 51.0 cm³/mol. The average molecular weight is 208 g/mol. The zero-order valence-corrected chi connectivity index (χ0v) is 9.10. The van der Waals surface area contributed by atoms with Crippen molar-refractivity contribution in [3.63, 3.8) is 0 Å². The zero-order valence-electron chi connectivity index (χ0n) is 9.10. The molecule has 0 amide bonds. The molecule has 5 rings (SSSR count). The van der Waals surface area contributed by atoms with Crippen LogP contribution >= 0.6 is 0 Å². The van der Waals surface area contributed by atoms with Gasteiger partial charge in [0.15, 0.2) is 0 Å². The van der Waals surface area contributed by atoms with E-state index in [1.165, 1.54) is 0 Å². The SMILES string of the molecule is CC1C2COCOC34C2C3C2OC2C14C. The lowest BCUT2D eigenvalue weighted by Crippen LogP contribution is -2.44. The largest absolute Gasteiger partial charge is 0.368 e. The van der Waals surface area contributed by atoms with Gasteiger partial charge in [-0.1, -0.05) is 13.8 Å². The van der Waals surface area contributed by atoms with Gasteiger partial charge in [-0.05, 0) is 11.8 Å². The fraction of sp³-hybridized carbons (Fsp3) is 1.00. The minimum Gasteiger partial charge on any atom is -0.368 e. The van der Waals surface area contributed by atoms with Gasteiger partial charge in [-0.15, -0.1) is 0 Å². The molecule has 2 saturated heterocycles. The number of rotatable bonds is 0. The van der Waals surface area contributed by atoms with Crippen LogP contribution in [0.2, 0.25) is 0 Å². The fourth-order valence-electron chi connectivity index (χ4n) is 5.56. The van der Waals surface area contributed by atoms with Crippen molar-refractivity contribution in [1.29, 1.82) is 0 Å². The van der Waals surface area contributed by atoms with Gasteiger partial charge in [0.1, 0.15) is 6.79 Å². The Labute approximate surface area is 89.1 Å². The quantitative estimate of drug-likeness (QED) is 0.557. The molecule has 0 aromatic rings. The molecular weight excluding hydrogens is 192 g/mol. The minimum atomic E-state index is 0.154. The van der Waals surface area contributed by atoms with E-state index in [0.29, 0.717) is 30.8 Å². The highest BCUT2D eigenvalue weighted by Crippen LogP contribution is 2.86. The van der Waals surface area contributed by atoms with Crippen molar-refractivity contribution in [2.75, 3.05) is 13.4 Å². The summed E-state index contributed by atoms with van der Waals surface area (Å²) in [6.07, 6.45) is 1.03.